The molecule has 1 aliphatic heterocycles. The maximum atomic E-state index is 10.5. The van der Waals surface area contributed by atoms with Crippen LogP contribution in [0.5, 0.6) is 0 Å². The maximum absolute atomic E-state index is 10.5. The quantitative estimate of drug-likeness (QED) is 0.698. The molecule has 0 atom stereocenters. The molecule has 76 valence electrons. The van der Waals surface area contributed by atoms with Gasteiger partial charge in [0.1, 0.15) is 0 Å². The first-order valence-electron chi connectivity index (χ1n) is 5.08. The van der Waals surface area contributed by atoms with Crippen molar-refractivity contribution >= 4 is 23.3 Å². The Bertz CT molecular complexity index is 313. The molecule has 3 heteroatoms. The van der Waals surface area contributed by atoms with E-state index in [0.717, 1.165) is 30.2 Å². The van der Waals surface area contributed by atoms with Crippen LogP contribution in [0.1, 0.15) is 29.4 Å². The summed E-state index contributed by atoms with van der Waals surface area (Å²) in [7, 11) is 0. The molecule has 0 unspecified atom stereocenters. The van der Waals surface area contributed by atoms with Gasteiger partial charge in [-0.3, -0.25) is 4.79 Å². The third-order valence-corrected chi connectivity index (χ3v) is 3.72. The number of aldehydes is 1. The first kappa shape index (κ1) is 9.71. The molecule has 1 aromatic rings. The molecule has 0 radical (unpaired) electrons. The highest BCUT2D eigenvalue weighted by Crippen LogP contribution is 2.26. The van der Waals surface area contributed by atoms with Crippen LogP contribution in [0.25, 0.3) is 0 Å². The zero-order valence-corrected chi connectivity index (χ0v) is 9.22. The molecule has 0 spiro atoms. The van der Waals surface area contributed by atoms with Crippen LogP contribution in [-0.4, -0.2) is 19.4 Å². The second kappa shape index (κ2) is 4.13. The fraction of sp³-hybridized carbons (Fsp3) is 0.545. The predicted octanol–water partition coefficient (Wildman–Crippen LogP) is 2.80. The van der Waals surface area contributed by atoms with Gasteiger partial charge in [0.25, 0.3) is 0 Å². The van der Waals surface area contributed by atoms with E-state index >= 15 is 0 Å². The smallest absolute Gasteiger partial charge is 0.160 e. The lowest BCUT2D eigenvalue weighted by Gasteiger charge is -2.31. The molecule has 2 nitrogen and oxygen atoms in total. The Morgan fingerprint density at radius 3 is 2.79 bits per heavy atom. The minimum atomic E-state index is 0.832. The Morgan fingerprint density at radius 1 is 1.50 bits per heavy atom. The first-order valence-corrected chi connectivity index (χ1v) is 5.96. The minimum absolute atomic E-state index is 0.832. The summed E-state index contributed by atoms with van der Waals surface area (Å²) in [5, 5.41) is 2.08. The molecule has 1 aliphatic rings. The lowest BCUT2D eigenvalue weighted by atomic mass is 9.99. The lowest BCUT2D eigenvalue weighted by Crippen LogP contribution is -2.32. The molecule has 0 bridgehead atoms. The van der Waals surface area contributed by atoms with E-state index in [1.165, 1.54) is 29.9 Å². The number of carbonyl (C=O) groups is 1. The number of anilines is 1. The third-order valence-electron chi connectivity index (χ3n) is 2.87. The fourth-order valence-corrected chi connectivity index (χ4v) is 2.55. The molecule has 0 amide bonds. The first-order chi connectivity index (χ1) is 6.79. The molecule has 0 N–H and O–H groups in total. The molecular weight excluding hydrogens is 194 g/mol. The second-order valence-electron chi connectivity index (χ2n) is 3.99. The minimum Gasteiger partial charge on any atom is -0.371 e. The molecule has 1 aromatic heterocycles. The number of rotatable bonds is 2. The van der Waals surface area contributed by atoms with E-state index in [1.54, 1.807) is 0 Å². The van der Waals surface area contributed by atoms with Crippen molar-refractivity contribution < 1.29 is 4.79 Å². The number of nitrogens with zero attached hydrogens (tertiary/aromatic N) is 1. The van der Waals surface area contributed by atoms with Gasteiger partial charge in [0.15, 0.2) is 6.29 Å². The summed E-state index contributed by atoms with van der Waals surface area (Å²) in [5.74, 6) is 0.857. The van der Waals surface area contributed by atoms with E-state index in [4.69, 9.17) is 0 Å². The van der Waals surface area contributed by atoms with Crippen molar-refractivity contribution in [2.24, 2.45) is 5.92 Å². The van der Waals surface area contributed by atoms with Gasteiger partial charge >= 0.3 is 0 Å². The maximum Gasteiger partial charge on any atom is 0.160 e. The highest BCUT2D eigenvalue weighted by atomic mass is 32.1. The molecular formula is C11H15NOS. The highest BCUT2D eigenvalue weighted by Gasteiger charge is 2.16. The van der Waals surface area contributed by atoms with Crippen molar-refractivity contribution in [1.82, 2.24) is 0 Å². The normalized spacial score (nSPS) is 18.5. The van der Waals surface area contributed by atoms with Crippen LogP contribution < -0.4 is 4.90 Å². The van der Waals surface area contributed by atoms with Crippen molar-refractivity contribution in [3.63, 3.8) is 0 Å². The fourth-order valence-electron chi connectivity index (χ4n) is 1.84. The molecule has 0 aliphatic carbocycles. The van der Waals surface area contributed by atoms with Crippen LogP contribution in [-0.2, 0) is 0 Å². The largest absolute Gasteiger partial charge is 0.371 e. The van der Waals surface area contributed by atoms with E-state index < -0.39 is 0 Å². The van der Waals surface area contributed by atoms with Crippen molar-refractivity contribution in [1.29, 1.82) is 0 Å². The summed E-state index contributed by atoms with van der Waals surface area (Å²) in [4.78, 5) is 13.8. The molecule has 1 saturated heterocycles. The average molecular weight is 209 g/mol. The van der Waals surface area contributed by atoms with Gasteiger partial charge in [0.2, 0.25) is 0 Å². The Labute approximate surface area is 88.5 Å². The number of piperidine rings is 1. The van der Waals surface area contributed by atoms with Gasteiger partial charge in [-0.25, -0.2) is 0 Å². The SMILES string of the molecule is CC1CCN(c2csc(C=O)c2)CC1. The average Bonchev–Trinajstić information content (AvgIpc) is 2.67. The van der Waals surface area contributed by atoms with E-state index in [1.807, 2.05) is 6.07 Å². The Morgan fingerprint density at radius 2 is 2.21 bits per heavy atom. The van der Waals surface area contributed by atoms with E-state index in [2.05, 4.69) is 17.2 Å². The van der Waals surface area contributed by atoms with Crippen LogP contribution >= 0.6 is 11.3 Å². The van der Waals surface area contributed by atoms with Gasteiger partial charge in [-0.05, 0) is 24.8 Å². The van der Waals surface area contributed by atoms with Crippen LogP contribution in [0.2, 0.25) is 0 Å². The number of carbonyl (C=O) groups excluding carboxylic acids is 1. The predicted molar refractivity (Wildman–Crippen MR) is 60.3 cm³/mol. The van der Waals surface area contributed by atoms with Crippen LogP contribution in [0.4, 0.5) is 5.69 Å². The monoisotopic (exact) mass is 209 g/mol. The van der Waals surface area contributed by atoms with Crippen LogP contribution in [0.15, 0.2) is 11.4 Å². The Hall–Kier alpha value is -0.830. The summed E-state index contributed by atoms with van der Waals surface area (Å²) >= 11 is 1.53. The zero-order chi connectivity index (χ0) is 9.97. The summed E-state index contributed by atoms with van der Waals surface area (Å²) in [6.45, 7) is 4.58. The van der Waals surface area contributed by atoms with Crippen molar-refractivity contribution in [2.45, 2.75) is 19.8 Å². The molecule has 1 fully saturated rings. The van der Waals surface area contributed by atoms with Gasteiger partial charge in [0, 0.05) is 24.2 Å². The van der Waals surface area contributed by atoms with Crippen LogP contribution in [0, 0.1) is 5.92 Å². The van der Waals surface area contributed by atoms with E-state index in [9.17, 15) is 4.79 Å². The Kier molecular flexibility index (Phi) is 2.87. The zero-order valence-electron chi connectivity index (χ0n) is 8.40. The van der Waals surface area contributed by atoms with Crippen molar-refractivity contribution in [3.05, 3.63) is 16.3 Å². The summed E-state index contributed by atoms with van der Waals surface area (Å²) in [6.07, 6.45) is 3.47. The van der Waals surface area contributed by atoms with E-state index in [-0.39, 0.29) is 0 Å². The second-order valence-corrected chi connectivity index (χ2v) is 4.94. The lowest BCUT2D eigenvalue weighted by molar-refractivity contribution is 0.112. The summed E-state index contributed by atoms with van der Waals surface area (Å²) in [5.41, 5.74) is 1.23. The highest BCUT2D eigenvalue weighted by molar-refractivity contribution is 7.12. The van der Waals surface area contributed by atoms with Gasteiger partial charge < -0.3 is 4.90 Å². The number of hydrogen-bond donors (Lipinski definition) is 0. The van der Waals surface area contributed by atoms with Gasteiger partial charge in [-0.1, -0.05) is 6.92 Å². The van der Waals surface area contributed by atoms with Crippen LogP contribution in [0.3, 0.4) is 0 Å². The van der Waals surface area contributed by atoms with E-state index in [0.29, 0.717) is 0 Å². The molecule has 2 heterocycles. The standard InChI is InChI=1S/C11H15NOS/c1-9-2-4-12(5-3-9)10-6-11(7-13)14-8-10/h6-9H,2-5H2,1H3. The van der Waals surface area contributed by atoms with Crippen molar-refractivity contribution in [2.75, 3.05) is 18.0 Å². The van der Waals surface area contributed by atoms with Gasteiger partial charge in [0.05, 0.1) is 4.88 Å². The topological polar surface area (TPSA) is 20.3 Å². The van der Waals surface area contributed by atoms with Gasteiger partial charge in [-0.15, -0.1) is 11.3 Å². The van der Waals surface area contributed by atoms with Crippen molar-refractivity contribution in [3.8, 4) is 0 Å². The molecule has 14 heavy (non-hydrogen) atoms. The number of hydrogen-bond acceptors (Lipinski definition) is 3. The molecule has 0 aromatic carbocycles. The Balaban J connectivity index is 2.04. The molecule has 0 saturated carbocycles. The van der Waals surface area contributed by atoms with Gasteiger partial charge in [-0.2, -0.15) is 0 Å². The summed E-state index contributed by atoms with van der Waals surface area (Å²) < 4.78 is 0. The summed E-state index contributed by atoms with van der Waals surface area (Å²) in [6, 6.07) is 1.99. The third kappa shape index (κ3) is 1.98. The number of thiophene rings is 1. The molecule has 2 rings (SSSR count).